The minimum absolute atomic E-state index is 0.282. The van der Waals surface area contributed by atoms with Gasteiger partial charge in [-0.05, 0) is 54.2 Å². The number of para-hydroxylation sites is 1. The van der Waals surface area contributed by atoms with Crippen LogP contribution in [0.1, 0.15) is 5.56 Å². The molecule has 0 heterocycles. The summed E-state index contributed by atoms with van der Waals surface area (Å²) < 4.78 is 12.8. The van der Waals surface area contributed by atoms with Gasteiger partial charge in [-0.25, -0.2) is 4.39 Å². The van der Waals surface area contributed by atoms with Crippen molar-refractivity contribution in [2.45, 2.75) is 0 Å². The molecule has 0 aliphatic heterocycles. The standard InChI is InChI=1S/C15H14FN3S/c1-11(12-7-9-13(16)10-8-12)18-19-15(20)17-14-5-3-2-4-6-14/h2-10,18H,1H2,(H2,17,19,20). The molecule has 0 amide bonds. The van der Waals surface area contributed by atoms with Crippen LogP contribution in [0.2, 0.25) is 0 Å². The molecular weight excluding hydrogens is 273 g/mol. The predicted molar refractivity (Wildman–Crippen MR) is 84.4 cm³/mol. The minimum atomic E-state index is -0.282. The van der Waals surface area contributed by atoms with E-state index in [0.29, 0.717) is 10.8 Å². The Morgan fingerprint density at radius 3 is 2.25 bits per heavy atom. The molecule has 0 spiro atoms. The van der Waals surface area contributed by atoms with Crippen molar-refractivity contribution in [3.05, 3.63) is 72.6 Å². The summed E-state index contributed by atoms with van der Waals surface area (Å²) in [5, 5.41) is 3.43. The Labute approximate surface area is 122 Å². The van der Waals surface area contributed by atoms with Crippen LogP contribution in [0.5, 0.6) is 0 Å². The predicted octanol–water partition coefficient (Wildman–Crippen LogP) is 3.29. The Bertz CT molecular complexity index is 596. The van der Waals surface area contributed by atoms with Crippen LogP contribution in [0.3, 0.4) is 0 Å². The molecule has 2 aromatic carbocycles. The second-order valence-corrected chi connectivity index (χ2v) is 4.46. The van der Waals surface area contributed by atoms with Crippen molar-refractivity contribution in [1.82, 2.24) is 10.9 Å². The summed E-state index contributed by atoms with van der Waals surface area (Å²) in [7, 11) is 0. The van der Waals surface area contributed by atoms with E-state index in [1.807, 2.05) is 30.3 Å². The van der Waals surface area contributed by atoms with Gasteiger partial charge in [-0.2, -0.15) is 0 Å². The van der Waals surface area contributed by atoms with Gasteiger partial charge in [0.25, 0.3) is 0 Å². The first-order chi connectivity index (χ1) is 9.65. The zero-order chi connectivity index (χ0) is 14.4. The second-order valence-electron chi connectivity index (χ2n) is 4.06. The second kappa shape index (κ2) is 6.68. The lowest BCUT2D eigenvalue weighted by Gasteiger charge is -2.14. The number of rotatable bonds is 4. The maximum Gasteiger partial charge on any atom is 0.189 e. The number of anilines is 1. The lowest BCUT2D eigenvalue weighted by atomic mass is 10.2. The van der Waals surface area contributed by atoms with Crippen LogP contribution in [0.4, 0.5) is 10.1 Å². The highest BCUT2D eigenvalue weighted by atomic mass is 32.1. The molecule has 2 rings (SSSR count). The maximum atomic E-state index is 12.8. The van der Waals surface area contributed by atoms with E-state index in [4.69, 9.17) is 12.2 Å². The Kier molecular flexibility index (Phi) is 4.68. The number of benzene rings is 2. The molecule has 20 heavy (non-hydrogen) atoms. The Morgan fingerprint density at radius 1 is 0.950 bits per heavy atom. The number of halogens is 1. The minimum Gasteiger partial charge on any atom is -0.331 e. The first-order valence-corrected chi connectivity index (χ1v) is 6.39. The van der Waals surface area contributed by atoms with Crippen LogP contribution >= 0.6 is 12.2 Å². The van der Waals surface area contributed by atoms with E-state index in [2.05, 4.69) is 22.7 Å². The third-order valence-electron chi connectivity index (χ3n) is 2.55. The average molecular weight is 287 g/mol. The molecule has 0 fully saturated rings. The fourth-order valence-electron chi connectivity index (χ4n) is 1.54. The van der Waals surface area contributed by atoms with Crippen LogP contribution in [0.25, 0.3) is 5.70 Å². The third kappa shape index (κ3) is 4.07. The van der Waals surface area contributed by atoms with Crippen LogP contribution in [-0.2, 0) is 0 Å². The number of nitrogens with one attached hydrogen (secondary N) is 3. The number of hydrogen-bond donors (Lipinski definition) is 3. The molecule has 0 aliphatic carbocycles. The van der Waals surface area contributed by atoms with Gasteiger partial charge >= 0.3 is 0 Å². The normalized spacial score (nSPS) is 9.65. The van der Waals surface area contributed by atoms with Crippen LogP contribution in [0, 0.1) is 5.82 Å². The van der Waals surface area contributed by atoms with E-state index in [1.54, 1.807) is 12.1 Å². The van der Waals surface area contributed by atoms with Crippen molar-refractivity contribution in [1.29, 1.82) is 0 Å². The van der Waals surface area contributed by atoms with Gasteiger partial charge < -0.3 is 5.32 Å². The van der Waals surface area contributed by atoms with E-state index in [1.165, 1.54) is 12.1 Å². The monoisotopic (exact) mass is 287 g/mol. The summed E-state index contributed by atoms with van der Waals surface area (Å²) in [4.78, 5) is 0. The summed E-state index contributed by atoms with van der Waals surface area (Å²) in [6.45, 7) is 3.85. The van der Waals surface area contributed by atoms with Crippen molar-refractivity contribution < 1.29 is 4.39 Å². The number of hydrazine groups is 1. The van der Waals surface area contributed by atoms with E-state index < -0.39 is 0 Å². The van der Waals surface area contributed by atoms with Gasteiger partial charge in [0.05, 0.1) is 5.70 Å². The van der Waals surface area contributed by atoms with E-state index in [9.17, 15) is 4.39 Å². The molecule has 0 saturated heterocycles. The van der Waals surface area contributed by atoms with Gasteiger partial charge in [0, 0.05) is 5.69 Å². The van der Waals surface area contributed by atoms with Crippen molar-refractivity contribution >= 4 is 28.7 Å². The van der Waals surface area contributed by atoms with Gasteiger partial charge in [0.2, 0.25) is 0 Å². The Balaban J connectivity index is 1.84. The van der Waals surface area contributed by atoms with Gasteiger partial charge in [0.15, 0.2) is 5.11 Å². The highest BCUT2D eigenvalue weighted by molar-refractivity contribution is 7.80. The number of thiocarbonyl (C=S) groups is 1. The summed E-state index contributed by atoms with van der Waals surface area (Å²) >= 11 is 5.14. The van der Waals surface area contributed by atoms with E-state index in [-0.39, 0.29) is 5.82 Å². The summed E-state index contributed by atoms with van der Waals surface area (Å²) in [6, 6.07) is 15.6. The molecular formula is C15H14FN3S. The number of hydrogen-bond acceptors (Lipinski definition) is 2. The molecule has 0 atom stereocenters. The van der Waals surface area contributed by atoms with Crippen molar-refractivity contribution in [2.24, 2.45) is 0 Å². The molecule has 0 bridgehead atoms. The summed E-state index contributed by atoms with van der Waals surface area (Å²) in [5.74, 6) is -0.282. The van der Waals surface area contributed by atoms with E-state index >= 15 is 0 Å². The summed E-state index contributed by atoms with van der Waals surface area (Å²) in [6.07, 6.45) is 0. The molecule has 102 valence electrons. The lowest BCUT2D eigenvalue weighted by Crippen LogP contribution is -2.38. The molecule has 0 aromatic heterocycles. The maximum absolute atomic E-state index is 12.8. The molecule has 3 N–H and O–H groups in total. The highest BCUT2D eigenvalue weighted by Crippen LogP contribution is 2.09. The zero-order valence-electron chi connectivity index (χ0n) is 10.7. The fourth-order valence-corrected chi connectivity index (χ4v) is 1.71. The first-order valence-electron chi connectivity index (χ1n) is 5.98. The van der Waals surface area contributed by atoms with Gasteiger partial charge in [-0.3, -0.25) is 10.9 Å². The summed E-state index contributed by atoms with van der Waals surface area (Å²) in [5.41, 5.74) is 7.96. The van der Waals surface area contributed by atoms with E-state index in [0.717, 1.165) is 11.3 Å². The molecule has 0 radical (unpaired) electrons. The van der Waals surface area contributed by atoms with Crippen LogP contribution < -0.4 is 16.2 Å². The lowest BCUT2D eigenvalue weighted by molar-refractivity contribution is 0.627. The molecule has 0 aliphatic rings. The Hall–Kier alpha value is -2.40. The van der Waals surface area contributed by atoms with Gasteiger partial charge in [-0.15, -0.1) is 0 Å². The third-order valence-corrected chi connectivity index (χ3v) is 2.76. The molecule has 5 heteroatoms. The van der Waals surface area contributed by atoms with Crippen molar-refractivity contribution in [3.8, 4) is 0 Å². The van der Waals surface area contributed by atoms with Crippen LogP contribution in [-0.4, -0.2) is 5.11 Å². The van der Waals surface area contributed by atoms with Crippen LogP contribution in [0.15, 0.2) is 61.2 Å². The average Bonchev–Trinajstić information content (AvgIpc) is 2.46. The topological polar surface area (TPSA) is 36.1 Å². The fraction of sp³-hybridized carbons (Fsp3) is 0. The smallest absolute Gasteiger partial charge is 0.189 e. The Morgan fingerprint density at radius 2 is 1.60 bits per heavy atom. The highest BCUT2D eigenvalue weighted by Gasteiger charge is 2.00. The molecule has 3 nitrogen and oxygen atoms in total. The molecule has 2 aromatic rings. The van der Waals surface area contributed by atoms with Gasteiger partial charge in [-0.1, -0.05) is 24.8 Å². The first kappa shape index (κ1) is 14.0. The molecule has 0 unspecified atom stereocenters. The van der Waals surface area contributed by atoms with Gasteiger partial charge in [0.1, 0.15) is 5.82 Å². The largest absolute Gasteiger partial charge is 0.331 e. The quantitative estimate of drug-likeness (QED) is 0.596. The van der Waals surface area contributed by atoms with Crippen molar-refractivity contribution in [2.75, 3.05) is 5.32 Å². The SMILES string of the molecule is C=C(NNC(=S)Nc1ccccc1)c1ccc(F)cc1. The zero-order valence-corrected chi connectivity index (χ0v) is 11.5. The van der Waals surface area contributed by atoms with Crippen molar-refractivity contribution in [3.63, 3.8) is 0 Å². The molecule has 0 saturated carbocycles.